The summed E-state index contributed by atoms with van der Waals surface area (Å²) < 4.78 is 6.31. The van der Waals surface area contributed by atoms with Crippen LogP contribution in [0.25, 0.3) is 0 Å². The third kappa shape index (κ3) is 1.95. The number of ketones is 1. The number of Topliss-reactive ketones (excluding diaryl/α,β-unsaturated/α-hetero) is 1. The van der Waals surface area contributed by atoms with Crippen molar-refractivity contribution in [1.82, 2.24) is 0 Å². The Morgan fingerprint density at radius 3 is 2.80 bits per heavy atom. The fraction of sp³-hybridized carbons (Fsp3) is 0.364. The Bertz CT molecular complexity index is 438. The van der Waals surface area contributed by atoms with E-state index >= 15 is 0 Å². The van der Waals surface area contributed by atoms with E-state index in [4.69, 9.17) is 4.74 Å². The number of carbonyl (C=O) groups is 1. The van der Waals surface area contributed by atoms with Gasteiger partial charge in [0.1, 0.15) is 17.1 Å². The molecule has 0 aromatic heterocycles. The number of halogens is 1. The van der Waals surface area contributed by atoms with Crippen molar-refractivity contribution < 1.29 is 14.6 Å². The Morgan fingerprint density at radius 1 is 1.47 bits per heavy atom. The second-order valence-electron chi connectivity index (χ2n) is 4.26. The van der Waals surface area contributed by atoms with Crippen LogP contribution in [-0.2, 0) is 0 Å². The third-order valence-corrected chi connectivity index (χ3v) is 3.19. The lowest BCUT2D eigenvalue weighted by atomic mass is 9.93. The molecule has 0 amide bonds. The van der Waals surface area contributed by atoms with E-state index in [-0.39, 0.29) is 11.5 Å². The van der Waals surface area contributed by atoms with E-state index in [1.807, 2.05) is 36.4 Å². The summed E-state index contributed by atoms with van der Waals surface area (Å²) in [6.07, 6.45) is 0.376. The summed E-state index contributed by atoms with van der Waals surface area (Å²) >= 11 is 1.99. The zero-order valence-corrected chi connectivity index (χ0v) is 10.7. The van der Waals surface area contributed by atoms with E-state index < -0.39 is 5.60 Å². The lowest BCUT2D eigenvalue weighted by Gasteiger charge is -2.31. The molecule has 0 spiro atoms. The lowest BCUT2D eigenvalue weighted by molar-refractivity contribution is 0.0618. The maximum absolute atomic E-state index is 11.8. The molecule has 1 aliphatic rings. The standard InChI is InChI=1S/C11H11IO3/c1-11(2)5-9(14)6-3-7(12)8(13)4-10(6)15-11/h3-4,13H,5H2,1-2H3. The van der Waals surface area contributed by atoms with Gasteiger partial charge in [0.2, 0.25) is 0 Å². The minimum absolute atomic E-state index is 0.0687. The largest absolute Gasteiger partial charge is 0.507 e. The molecule has 80 valence electrons. The first-order valence-electron chi connectivity index (χ1n) is 4.64. The zero-order chi connectivity index (χ0) is 11.2. The summed E-state index contributed by atoms with van der Waals surface area (Å²) in [5.41, 5.74) is 0.0834. The zero-order valence-electron chi connectivity index (χ0n) is 8.50. The highest BCUT2D eigenvalue weighted by Crippen LogP contribution is 2.37. The number of phenolic OH excluding ortho intramolecular Hbond substituents is 1. The summed E-state index contributed by atoms with van der Waals surface area (Å²) in [6.45, 7) is 3.73. The maximum Gasteiger partial charge on any atom is 0.170 e. The van der Waals surface area contributed by atoms with Gasteiger partial charge in [0, 0.05) is 6.07 Å². The number of hydrogen-bond acceptors (Lipinski definition) is 3. The summed E-state index contributed by atoms with van der Waals surface area (Å²) in [5.74, 6) is 0.702. The molecule has 4 heteroatoms. The summed E-state index contributed by atoms with van der Waals surface area (Å²) in [5, 5.41) is 9.53. The van der Waals surface area contributed by atoms with Gasteiger partial charge >= 0.3 is 0 Å². The van der Waals surface area contributed by atoms with Crippen LogP contribution in [0.3, 0.4) is 0 Å². The van der Waals surface area contributed by atoms with Crippen molar-refractivity contribution in [2.75, 3.05) is 0 Å². The number of fused-ring (bicyclic) bond motifs is 1. The highest BCUT2D eigenvalue weighted by atomic mass is 127. The minimum Gasteiger partial charge on any atom is -0.507 e. The molecule has 15 heavy (non-hydrogen) atoms. The minimum atomic E-state index is -0.483. The molecule has 0 saturated heterocycles. The summed E-state index contributed by atoms with van der Waals surface area (Å²) in [4.78, 5) is 11.8. The van der Waals surface area contributed by atoms with Crippen LogP contribution in [0.15, 0.2) is 12.1 Å². The number of ether oxygens (including phenoxy) is 1. The Balaban J connectivity index is 2.56. The number of aromatic hydroxyl groups is 1. The highest BCUT2D eigenvalue weighted by molar-refractivity contribution is 14.1. The van der Waals surface area contributed by atoms with Crippen molar-refractivity contribution in [3.8, 4) is 11.5 Å². The van der Waals surface area contributed by atoms with Crippen molar-refractivity contribution >= 4 is 28.4 Å². The molecule has 1 N–H and O–H groups in total. The van der Waals surface area contributed by atoms with Gasteiger partial charge in [-0.3, -0.25) is 4.79 Å². The fourth-order valence-corrected chi connectivity index (χ4v) is 2.13. The molecule has 0 unspecified atom stereocenters. The first-order valence-corrected chi connectivity index (χ1v) is 5.72. The van der Waals surface area contributed by atoms with E-state index in [0.717, 1.165) is 0 Å². The van der Waals surface area contributed by atoms with Gasteiger partial charge in [-0.25, -0.2) is 0 Å². The number of phenols is 1. The normalized spacial score (nSPS) is 18.2. The monoisotopic (exact) mass is 318 g/mol. The van der Waals surface area contributed by atoms with Gasteiger partial charge in [0.25, 0.3) is 0 Å². The van der Waals surface area contributed by atoms with Crippen LogP contribution >= 0.6 is 22.6 Å². The molecule has 0 radical (unpaired) electrons. The molecule has 0 atom stereocenters. The van der Waals surface area contributed by atoms with Crippen molar-refractivity contribution in [1.29, 1.82) is 0 Å². The van der Waals surface area contributed by atoms with Gasteiger partial charge < -0.3 is 9.84 Å². The van der Waals surface area contributed by atoms with Crippen molar-refractivity contribution in [3.05, 3.63) is 21.3 Å². The van der Waals surface area contributed by atoms with Gasteiger partial charge in [0.15, 0.2) is 5.78 Å². The van der Waals surface area contributed by atoms with Crippen LogP contribution in [0.5, 0.6) is 11.5 Å². The van der Waals surface area contributed by atoms with Gasteiger partial charge in [-0.2, -0.15) is 0 Å². The van der Waals surface area contributed by atoms with Gasteiger partial charge in [-0.1, -0.05) is 0 Å². The molecule has 1 aromatic rings. The van der Waals surface area contributed by atoms with E-state index in [1.165, 1.54) is 6.07 Å². The Labute approximate surface area is 102 Å². The smallest absolute Gasteiger partial charge is 0.170 e. The molecular weight excluding hydrogens is 307 g/mol. The quantitative estimate of drug-likeness (QED) is 0.748. The average molecular weight is 318 g/mol. The SMILES string of the molecule is CC1(C)CC(=O)c2cc(I)c(O)cc2O1. The topological polar surface area (TPSA) is 46.5 Å². The molecular formula is C11H11IO3. The molecule has 0 fully saturated rings. The second-order valence-corrected chi connectivity index (χ2v) is 5.42. The number of benzene rings is 1. The lowest BCUT2D eigenvalue weighted by Crippen LogP contribution is -2.35. The van der Waals surface area contributed by atoms with Crippen molar-refractivity contribution in [2.45, 2.75) is 25.9 Å². The molecule has 3 nitrogen and oxygen atoms in total. The molecule has 1 heterocycles. The van der Waals surface area contributed by atoms with Crippen LogP contribution < -0.4 is 4.74 Å². The number of carbonyl (C=O) groups excluding carboxylic acids is 1. The van der Waals surface area contributed by atoms with Crippen molar-refractivity contribution in [3.63, 3.8) is 0 Å². The predicted molar refractivity (Wildman–Crippen MR) is 64.5 cm³/mol. The Kier molecular flexibility index (Phi) is 2.41. The van der Waals surface area contributed by atoms with Crippen LogP contribution in [-0.4, -0.2) is 16.5 Å². The van der Waals surface area contributed by atoms with Crippen LogP contribution in [0.1, 0.15) is 30.6 Å². The molecule has 2 rings (SSSR count). The van der Waals surface area contributed by atoms with Crippen LogP contribution in [0, 0.1) is 3.57 Å². The van der Waals surface area contributed by atoms with Gasteiger partial charge in [-0.05, 0) is 42.5 Å². The third-order valence-electron chi connectivity index (χ3n) is 2.32. The van der Waals surface area contributed by atoms with Gasteiger partial charge in [-0.15, -0.1) is 0 Å². The maximum atomic E-state index is 11.8. The van der Waals surface area contributed by atoms with Gasteiger partial charge in [0.05, 0.1) is 15.6 Å². The Morgan fingerprint density at radius 2 is 2.13 bits per heavy atom. The predicted octanol–water partition coefficient (Wildman–Crippen LogP) is 2.74. The van der Waals surface area contributed by atoms with Crippen LogP contribution in [0.4, 0.5) is 0 Å². The number of hydrogen-bond donors (Lipinski definition) is 1. The molecule has 1 aromatic carbocycles. The Hall–Kier alpha value is -0.780. The first kappa shape index (κ1) is 10.7. The molecule has 0 aliphatic carbocycles. The molecule has 1 aliphatic heterocycles. The number of rotatable bonds is 0. The van der Waals surface area contributed by atoms with E-state index in [2.05, 4.69) is 0 Å². The van der Waals surface area contributed by atoms with E-state index in [0.29, 0.717) is 21.3 Å². The van der Waals surface area contributed by atoms with E-state index in [1.54, 1.807) is 6.07 Å². The second kappa shape index (κ2) is 3.37. The molecule has 0 bridgehead atoms. The summed E-state index contributed by atoms with van der Waals surface area (Å²) in [6, 6.07) is 3.18. The van der Waals surface area contributed by atoms with Crippen molar-refractivity contribution in [2.24, 2.45) is 0 Å². The highest BCUT2D eigenvalue weighted by Gasteiger charge is 2.33. The van der Waals surface area contributed by atoms with E-state index in [9.17, 15) is 9.90 Å². The summed E-state index contributed by atoms with van der Waals surface area (Å²) in [7, 11) is 0. The average Bonchev–Trinajstić information content (AvgIpc) is 2.07. The molecule has 0 saturated carbocycles. The first-order chi connectivity index (χ1) is 6.89. The van der Waals surface area contributed by atoms with Crippen LogP contribution in [0.2, 0.25) is 0 Å². The fourth-order valence-electron chi connectivity index (χ4n) is 1.66.